The van der Waals surface area contributed by atoms with Crippen LogP contribution in [0.1, 0.15) is 12.0 Å². The van der Waals surface area contributed by atoms with Crippen LogP contribution in [0.15, 0.2) is 16.8 Å². The van der Waals surface area contributed by atoms with E-state index in [1.807, 2.05) is 0 Å². The van der Waals surface area contributed by atoms with Gasteiger partial charge in [0.2, 0.25) is 5.78 Å². The van der Waals surface area contributed by atoms with Gasteiger partial charge < -0.3 is 0 Å². The fourth-order valence-corrected chi connectivity index (χ4v) is 1.71. The van der Waals surface area contributed by atoms with Crippen molar-refractivity contribution in [2.75, 3.05) is 0 Å². The van der Waals surface area contributed by atoms with E-state index in [-0.39, 0.29) is 6.42 Å². The van der Waals surface area contributed by atoms with Crippen LogP contribution in [0.25, 0.3) is 0 Å². The average molecular weight is 258 g/mol. The van der Waals surface area contributed by atoms with Crippen LogP contribution in [-0.2, 0) is 11.2 Å². The Morgan fingerprint density at radius 1 is 1.25 bits per heavy atom. The number of aryl methyl sites for hydroxylation is 1. The van der Waals surface area contributed by atoms with E-state index in [0.717, 1.165) is 0 Å². The Labute approximate surface area is 91.9 Å². The predicted octanol–water partition coefficient (Wildman–Crippen LogP) is 3.45. The Hall–Kier alpha value is -0.980. The van der Waals surface area contributed by atoms with E-state index in [9.17, 15) is 26.7 Å². The number of ketones is 1. The molecule has 0 amide bonds. The van der Waals surface area contributed by atoms with Crippen LogP contribution >= 0.6 is 11.3 Å². The number of carbonyl (C=O) groups excluding carboxylic acids is 1. The standard InChI is InChI=1S/C9H7F5OS/c10-8(11,9(12,13)14)7(15)2-1-6-3-4-16-5-6/h3-5H,1-2H2. The molecule has 0 saturated carbocycles. The number of halogens is 5. The molecular formula is C9H7F5OS. The molecule has 0 spiro atoms. The Morgan fingerprint density at radius 2 is 1.88 bits per heavy atom. The first-order valence-electron chi connectivity index (χ1n) is 4.24. The second-order valence-corrected chi connectivity index (χ2v) is 3.91. The Bertz CT molecular complexity index is 354. The van der Waals surface area contributed by atoms with Crippen molar-refractivity contribution in [2.45, 2.75) is 24.9 Å². The number of carbonyl (C=O) groups is 1. The molecule has 0 fully saturated rings. The summed E-state index contributed by atoms with van der Waals surface area (Å²) in [6, 6.07) is 1.57. The van der Waals surface area contributed by atoms with Crippen molar-refractivity contribution in [3.63, 3.8) is 0 Å². The summed E-state index contributed by atoms with van der Waals surface area (Å²) in [7, 11) is 0. The van der Waals surface area contributed by atoms with Gasteiger partial charge in [-0.25, -0.2) is 0 Å². The van der Waals surface area contributed by atoms with E-state index < -0.39 is 24.3 Å². The Kier molecular flexibility index (Phi) is 3.67. The number of thiophene rings is 1. The molecule has 90 valence electrons. The Balaban J connectivity index is 2.59. The van der Waals surface area contributed by atoms with E-state index in [2.05, 4.69) is 0 Å². The van der Waals surface area contributed by atoms with E-state index in [1.165, 1.54) is 11.3 Å². The quantitative estimate of drug-likeness (QED) is 0.756. The highest BCUT2D eigenvalue weighted by Crippen LogP contribution is 2.37. The van der Waals surface area contributed by atoms with Crippen molar-refractivity contribution < 1.29 is 26.7 Å². The normalized spacial score (nSPS) is 12.8. The molecule has 16 heavy (non-hydrogen) atoms. The molecule has 0 aromatic carbocycles. The smallest absolute Gasteiger partial charge is 0.293 e. The third kappa shape index (κ3) is 2.78. The average Bonchev–Trinajstić information content (AvgIpc) is 2.64. The Morgan fingerprint density at radius 3 is 2.31 bits per heavy atom. The van der Waals surface area contributed by atoms with Gasteiger partial charge in [-0.3, -0.25) is 4.79 Å². The summed E-state index contributed by atoms with van der Waals surface area (Å²) in [5.41, 5.74) is 0.580. The molecule has 0 aliphatic heterocycles. The molecule has 0 saturated heterocycles. The van der Waals surface area contributed by atoms with Gasteiger partial charge in [-0.05, 0) is 28.8 Å². The molecule has 1 rings (SSSR count). The highest BCUT2D eigenvalue weighted by atomic mass is 32.1. The van der Waals surface area contributed by atoms with E-state index in [1.54, 1.807) is 16.8 Å². The van der Waals surface area contributed by atoms with Gasteiger partial charge in [-0.2, -0.15) is 33.3 Å². The van der Waals surface area contributed by atoms with Gasteiger partial charge in [0.15, 0.2) is 0 Å². The fourth-order valence-electron chi connectivity index (χ4n) is 1.01. The second-order valence-electron chi connectivity index (χ2n) is 3.13. The molecule has 0 aliphatic carbocycles. The zero-order valence-electron chi connectivity index (χ0n) is 7.85. The van der Waals surface area contributed by atoms with E-state index >= 15 is 0 Å². The summed E-state index contributed by atoms with van der Waals surface area (Å²) in [6.45, 7) is 0. The number of rotatable bonds is 4. The number of alkyl halides is 5. The lowest BCUT2D eigenvalue weighted by atomic mass is 10.1. The number of Topliss-reactive ketones (excluding diaryl/α,β-unsaturated/α-hetero) is 1. The minimum Gasteiger partial charge on any atom is -0.293 e. The van der Waals surface area contributed by atoms with Crippen molar-refractivity contribution >= 4 is 17.1 Å². The molecule has 1 aromatic heterocycles. The summed E-state index contributed by atoms with van der Waals surface area (Å²) in [5.74, 6) is -7.34. The van der Waals surface area contributed by atoms with Gasteiger partial charge in [0.25, 0.3) is 0 Å². The minimum absolute atomic E-state index is 0.103. The molecule has 1 nitrogen and oxygen atoms in total. The van der Waals surface area contributed by atoms with Gasteiger partial charge in [0.05, 0.1) is 0 Å². The SMILES string of the molecule is O=C(CCc1ccsc1)C(F)(F)C(F)(F)F. The predicted molar refractivity (Wildman–Crippen MR) is 48.6 cm³/mol. The fraction of sp³-hybridized carbons (Fsp3) is 0.444. The van der Waals surface area contributed by atoms with Crippen LogP contribution < -0.4 is 0 Å². The van der Waals surface area contributed by atoms with Crippen LogP contribution in [-0.4, -0.2) is 17.9 Å². The third-order valence-corrected chi connectivity index (χ3v) is 2.66. The summed E-state index contributed by atoms with van der Waals surface area (Å²) >= 11 is 1.28. The van der Waals surface area contributed by atoms with Crippen LogP contribution in [0.2, 0.25) is 0 Å². The van der Waals surface area contributed by atoms with Crippen LogP contribution in [0, 0.1) is 0 Å². The lowest BCUT2D eigenvalue weighted by molar-refractivity contribution is -0.268. The molecule has 0 unspecified atom stereocenters. The zero-order valence-corrected chi connectivity index (χ0v) is 8.67. The van der Waals surface area contributed by atoms with Crippen LogP contribution in [0.5, 0.6) is 0 Å². The maximum atomic E-state index is 12.5. The topological polar surface area (TPSA) is 17.1 Å². The summed E-state index contributed by atoms with van der Waals surface area (Å²) in [4.78, 5) is 10.7. The maximum Gasteiger partial charge on any atom is 0.461 e. The van der Waals surface area contributed by atoms with E-state index in [4.69, 9.17) is 0 Å². The molecule has 0 N–H and O–H groups in total. The highest BCUT2D eigenvalue weighted by Gasteiger charge is 2.62. The molecule has 0 aliphatic rings. The second kappa shape index (κ2) is 4.48. The van der Waals surface area contributed by atoms with Crippen LogP contribution in [0.3, 0.4) is 0 Å². The van der Waals surface area contributed by atoms with Crippen molar-refractivity contribution in [3.05, 3.63) is 22.4 Å². The largest absolute Gasteiger partial charge is 0.461 e. The highest BCUT2D eigenvalue weighted by molar-refractivity contribution is 7.07. The summed E-state index contributed by atoms with van der Waals surface area (Å²) < 4.78 is 60.3. The molecule has 1 aromatic rings. The first kappa shape index (κ1) is 13.1. The molecular weight excluding hydrogens is 251 g/mol. The monoisotopic (exact) mass is 258 g/mol. The molecule has 1 heterocycles. The number of hydrogen-bond acceptors (Lipinski definition) is 2. The van der Waals surface area contributed by atoms with Gasteiger partial charge in [0.1, 0.15) is 0 Å². The van der Waals surface area contributed by atoms with Crippen molar-refractivity contribution in [1.29, 1.82) is 0 Å². The lowest BCUT2D eigenvalue weighted by Gasteiger charge is -2.17. The first-order valence-corrected chi connectivity index (χ1v) is 5.18. The van der Waals surface area contributed by atoms with Crippen LogP contribution in [0.4, 0.5) is 22.0 Å². The van der Waals surface area contributed by atoms with E-state index in [0.29, 0.717) is 5.56 Å². The lowest BCUT2D eigenvalue weighted by Crippen LogP contribution is -2.44. The number of hydrogen-bond donors (Lipinski definition) is 0. The summed E-state index contributed by atoms with van der Waals surface area (Å²) in [5, 5.41) is 3.25. The van der Waals surface area contributed by atoms with Crippen molar-refractivity contribution in [3.8, 4) is 0 Å². The molecule has 0 radical (unpaired) electrons. The van der Waals surface area contributed by atoms with Crippen molar-refractivity contribution in [1.82, 2.24) is 0 Å². The molecule has 0 atom stereocenters. The zero-order chi connectivity index (χ0) is 12.4. The van der Waals surface area contributed by atoms with Crippen molar-refractivity contribution in [2.24, 2.45) is 0 Å². The molecule has 7 heteroatoms. The van der Waals surface area contributed by atoms with Gasteiger partial charge in [0, 0.05) is 6.42 Å². The first-order chi connectivity index (χ1) is 7.25. The summed E-state index contributed by atoms with van der Waals surface area (Å²) in [6.07, 6.45) is -6.73. The van der Waals surface area contributed by atoms with Gasteiger partial charge >= 0.3 is 12.1 Å². The maximum absolute atomic E-state index is 12.5. The van der Waals surface area contributed by atoms with Gasteiger partial charge in [-0.15, -0.1) is 0 Å². The third-order valence-electron chi connectivity index (χ3n) is 1.93. The minimum atomic E-state index is -5.81. The van der Waals surface area contributed by atoms with Gasteiger partial charge in [-0.1, -0.05) is 0 Å². The molecule has 0 bridgehead atoms.